The quantitative estimate of drug-likeness (QED) is 0.465. The van der Waals surface area contributed by atoms with Crippen LogP contribution in [0.4, 0.5) is 17.6 Å². The Morgan fingerprint density at radius 1 is 1.06 bits per heavy atom. The summed E-state index contributed by atoms with van der Waals surface area (Å²) in [6, 6.07) is 10.4. The molecule has 1 heterocycles. The minimum Gasteiger partial charge on any atom is -0.339 e. The van der Waals surface area contributed by atoms with Crippen molar-refractivity contribution in [3.05, 3.63) is 83.7 Å². The van der Waals surface area contributed by atoms with Gasteiger partial charge < -0.3 is 9.80 Å². The second kappa shape index (κ2) is 9.97. The Kier molecular flexibility index (Phi) is 7.33. The third-order valence-electron chi connectivity index (χ3n) is 5.57. The maximum Gasteiger partial charge on any atom is 0.416 e. The van der Waals surface area contributed by atoms with Gasteiger partial charge in [-0.15, -0.1) is 6.58 Å². The molecule has 3 rings (SSSR count). The van der Waals surface area contributed by atoms with Crippen LogP contribution in [0.1, 0.15) is 34.3 Å². The highest BCUT2D eigenvalue weighted by Crippen LogP contribution is 2.29. The van der Waals surface area contributed by atoms with Crippen LogP contribution in [0.25, 0.3) is 0 Å². The summed E-state index contributed by atoms with van der Waals surface area (Å²) in [6.07, 6.45) is -2.02. The Hall–Kier alpha value is -3.16. The van der Waals surface area contributed by atoms with Crippen molar-refractivity contribution >= 4 is 11.8 Å². The van der Waals surface area contributed by atoms with Crippen LogP contribution >= 0.6 is 0 Å². The highest BCUT2D eigenvalue weighted by Gasteiger charge is 2.32. The Balaban J connectivity index is 1.61. The van der Waals surface area contributed by atoms with Crippen LogP contribution < -0.4 is 0 Å². The molecule has 2 amide bonds. The largest absolute Gasteiger partial charge is 0.416 e. The maximum atomic E-state index is 14.0. The first kappa shape index (κ1) is 23.5. The van der Waals surface area contributed by atoms with Gasteiger partial charge in [0.25, 0.3) is 5.91 Å². The number of benzene rings is 2. The fourth-order valence-electron chi connectivity index (χ4n) is 3.79. The monoisotopic (exact) mass is 448 g/mol. The molecule has 32 heavy (non-hydrogen) atoms. The second-order valence-corrected chi connectivity index (χ2v) is 7.74. The SMILES string of the molecule is C=CCN(Cc1ccccc1F)C(=O)C1CCN(C(=O)c2ccc(C(F)(F)F)cc2)CC1. The number of hydrogen-bond donors (Lipinski definition) is 0. The summed E-state index contributed by atoms with van der Waals surface area (Å²) in [5.74, 6) is -1.20. The molecule has 0 radical (unpaired) electrons. The Bertz CT molecular complexity index is 965. The van der Waals surface area contributed by atoms with Gasteiger partial charge in [-0.25, -0.2) is 4.39 Å². The Labute approximate surface area is 184 Å². The molecule has 0 N–H and O–H groups in total. The van der Waals surface area contributed by atoms with Crippen LogP contribution in [-0.2, 0) is 17.5 Å². The van der Waals surface area contributed by atoms with E-state index in [-0.39, 0.29) is 42.2 Å². The van der Waals surface area contributed by atoms with E-state index in [2.05, 4.69) is 6.58 Å². The van der Waals surface area contributed by atoms with Crippen LogP contribution in [0.5, 0.6) is 0 Å². The van der Waals surface area contributed by atoms with Crippen LogP contribution in [0, 0.1) is 11.7 Å². The predicted molar refractivity (Wildman–Crippen MR) is 112 cm³/mol. The molecule has 2 aromatic carbocycles. The molecular weight excluding hydrogens is 424 g/mol. The molecule has 0 aromatic heterocycles. The lowest BCUT2D eigenvalue weighted by Gasteiger charge is -2.34. The molecule has 2 aromatic rings. The van der Waals surface area contributed by atoms with Crippen LogP contribution in [0.15, 0.2) is 61.2 Å². The van der Waals surface area contributed by atoms with Gasteiger partial charge in [0.2, 0.25) is 5.91 Å². The standard InChI is InChI=1S/C24H24F4N2O2/c1-2-13-30(16-19-5-3-4-6-21(19)25)23(32)18-11-14-29(15-12-18)22(31)17-7-9-20(10-8-17)24(26,27)28/h2-10,18H,1,11-16H2. The third kappa shape index (κ3) is 5.55. The Morgan fingerprint density at radius 3 is 2.25 bits per heavy atom. The highest BCUT2D eigenvalue weighted by atomic mass is 19.4. The van der Waals surface area contributed by atoms with E-state index in [1.165, 1.54) is 18.2 Å². The third-order valence-corrected chi connectivity index (χ3v) is 5.57. The molecule has 0 aliphatic carbocycles. The number of amides is 2. The zero-order valence-electron chi connectivity index (χ0n) is 17.4. The molecule has 0 saturated carbocycles. The number of nitrogens with zero attached hydrogens (tertiary/aromatic N) is 2. The molecule has 4 nitrogen and oxygen atoms in total. The number of hydrogen-bond acceptors (Lipinski definition) is 2. The summed E-state index contributed by atoms with van der Waals surface area (Å²) >= 11 is 0. The van der Waals surface area contributed by atoms with E-state index in [0.717, 1.165) is 12.1 Å². The van der Waals surface area contributed by atoms with Crippen molar-refractivity contribution in [2.24, 2.45) is 5.92 Å². The summed E-state index contributed by atoms with van der Waals surface area (Å²) in [5.41, 5.74) is -0.219. The smallest absolute Gasteiger partial charge is 0.339 e. The van der Waals surface area contributed by atoms with E-state index in [1.807, 2.05) is 0 Å². The van der Waals surface area contributed by atoms with Gasteiger partial charge >= 0.3 is 6.18 Å². The normalized spacial score (nSPS) is 14.8. The average Bonchev–Trinajstić information content (AvgIpc) is 2.79. The summed E-state index contributed by atoms with van der Waals surface area (Å²) in [5, 5.41) is 0. The fraction of sp³-hybridized carbons (Fsp3) is 0.333. The van der Waals surface area contributed by atoms with Gasteiger partial charge in [0.1, 0.15) is 5.82 Å². The minimum atomic E-state index is -4.46. The van der Waals surface area contributed by atoms with E-state index >= 15 is 0 Å². The number of alkyl halides is 3. The van der Waals surface area contributed by atoms with Gasteiger partial charge in [-0.3, -0.25) is 9.59 Å². The van der Waals surface area contributed by atoms with E-state index in [1.54, 1.807) is 34.1 Å². The molecule has 1 aliphatic heterocycles. The van der Waals surface area contributed by atoms with Gasteiger partial charge in [-0.05, 0) is 43.2 Å². The molecule has 1 aliphatic rings. The van der Waals surface area contributed by atoms with Crippen LogP contribution in [0.3, 0.4) is 0 Å². The van der Waals surface area contributed by atoms with Gasteiger partial charge in [-0.1, -0.05) is 24.3 Å². The minimum absolute atomic E-state index is 0.127. The highest BCUT2D eigenvalue weighted by molar-refractivity contribution is 5.94. The molecule has 0 spiro atoms. The van der Waals surface area contributed by atoms with Crippen molar-refractivity contribution in [1.82, 2.24) is 9.80 Å². The first-order valence-electron chi connectivity index (χ1n) is 10.3. The van der Waals surface area contributed by atoms with Gasteiger partial charge in [0.05, 0.1) is 5.56 Å². The van der Waals surface area contributed by atoms with E-state index in [4.69, 9.17) is 0 Å². The van der Waals surface area contributed by atoms with Gasteiger partial charge in [0, 0.05) is 43.2 Å². The predicted octanol–water partition coefficient (Wildman–Crippen LogP) is 4.91. The molecule has 0 unspecified atom stereocenters. The number of carbonyl (C=O) groups excluding carboxylic acids is 2. The van der Waals surface area contributed by atoms with Crippen molar-refractivity contribution in [1.29, 1.82) is 0 Å². The lowest BCUT2D eigenvalue weighted by Crippen LogP contribution is -2.44. The zero-order valence-corrected chi connectivity index (χ0v) is 17.4. The number of carbonyl (C=O) groups is 2. The number of halogens is 4. The first-order valence-corrected chi connectivity index (χ1v) is 10.3. The molecule has 0 atom stereocenters. The topological polar surface area (TPSA) is 40.6 Å². The molecule has 170 valence electrons. The summed E-state index contributed by atoms with van der Waals surface area (Å²) in [7, 11) is 0. The molecule has 1 fully saturated rings. The van der Waals surface area contributed by atoms with Gasteiger partial charge in [0.15, 0.2) is 0 Å². The number of rotatable bonds is 6. The molecular formula is C24H24F4N2O2. The molecule has 0 bridgehead atoms. The zero-order chi connectivity index (χ0) is 23.3. The Morgan fingerprint density at radius 2 is 1.69 bits per heavy atom. The summed E-state index contributed by atoms with van der Waals surface area (Å²) in [6.45, 7) is 4.71. The summed E-state index contributed by atoms with van der Waals surface area (Å²) in [4.78, 5) is 28.8. The second-order valence-electron chi connectivity index (χ2n) is 7.74. The molecule has 8 heteroatoms. The number of piperidine rings is 1. The van der Waals surface area contributed by atoms with Crippen molar-refractivity contribution in [2.75, 3.05) is 19.6 Å². The number of likely N-dealkylation sites (tertiary alicyclic amines) is 1. The van der Waals surface area contributed by atoms with E-state index in [0.29, 0.717) is 31.5 Å². The van der Waals surface area contributed by atoms with Crippen molar-refractivity contribution in [3.8, 4) is 0 Å². The van der Waals surface area contributed by atoms with Crippen molar-refractivity contribution in [2.45, 2.75) is 25.6 Å². The summed E-state index contributed by atoms with van der Waals surface area (Å²) < 4.78 is 52.2. The van der Waals surface area contributed by atoms with Crippen molar-refractivity contribution in [3.63, 3.8) is 0 Å². The fourth-order valence-corrected chi connectivity index (χ4v) is 3.79. The first-order chi connectivity index (χ1) is 15.2. The van der Waals surface area contributed by atoms with Crippen LogP contribution in [-0.4, -0.2) is 41.2 Å². The maximum absolute atomic E-state index is 14.0. The van der Waals surface area contributed by atoms with E-state index in [9.17, 15) is 27.2 Å². The van der Waals surface area contributed by atoms with Gasteiger partial charge in [-0.2, -0.15) is 13.2 Å². The molecule has 1 saturated heterocycles. The van der Waals surface area contributed by atoms with E-state index < -0.39 is 11.7 Å². The van der Waals surface area contributed by atoms with Crippen molar-refractivity contribution < 1.29 is 27.2 Å². The average molecular weight is 448 g/mol. The van der Waals surface area contributed by atoms with Crippen LogP contribution in [0.2, 0.25) is 0 Å². The lowest BCUT2D eigenvalue weighted by atomic mass is 9.94. The lowest BCUT2D eigenvalue weighted by molar-refractivity contribution is -0.138.